The minimum atomic E-state index is -0.261. The van der Waals surface area contributed by atoms with Crippen molar-refractivity contribution in [2.24, 2.45) is 0 Å². The van der Waals surface area contributed by atoms with E-state index in [1.54, 1.807) is 0 Å². The Labute approximate surface area is 89.7 Å². The lowest BCUT2D eigenvalue weighted by atomic mass is 9.90. The normalized spacial score (nSPS) is 20.6. The summed E-state index contributed by atoms with van der Waals surface area (Å²) in [4.78, 5) is 0. The maximum Gasteiger partial charge on any atom is 0.0608 e. The van der Waals surface area contributed by atoms with Gasteiger partial charge >= 0.3 is 0 Å². The van der Waals surface area contributed by atoms with Gasteiger partial charge in [-0.3, -0.25) is 0 Å². The standard InChI is InChI=1S/C12H15ClO/c1-8-7-10(3-4-11(8)13)12(5-6-12)9(2)14/h3-4,7,9,14H,5-6H2,1-2H3. The van der Waals surface area contributed by atoms with Crippen molar-refractivity contribution in [3.63, 3.8) is 0 Å². The molecule has 1 aromatic rings. The summed E-state index contributed by atoms with van der Waals surface area (Å²) in [6.07, 6.45) is 1.92. The molecule has 1 nitrogen and oxygen atoms in total. The third-order valence-corrected chi connectivity index (χ3v) is 3.75. The van der Waals surface area contributed by atoms with Gasteiger partial charge in [-0.1, -0.05) is 23.7 Å². The fourth-order valence-electron chi connectivity index (χ4n) is 2.04. The zero-order valence-corrected chi connectivity index (χ0v) is 9.30. The number of hydrogen-bond acceptors (Lipinski definition) is 1. The van der Waals surface area contributed by atoms with Crippen molar-refractivity contribution in [1.29, 1.82) is 0 Å². The molecule has 0 spiro atoms. The van der Waals surface area contributed by atoms with E-state index >= 15 is 0 Å². The molecule has 1 unspecified atom stereocenters. The minimum absolute atomic E-state index is 0.0232. The summed E-state index contributed by atoms with van der Waals surface area (Å²) < 4.78 is 0. The second-order valence-electron chi connectivity index (χ2n) is 4.30. The first-order valence-corrected chi connectivity index (χ1v) is 5.39. The molecule has 1 aliphatic rings. The first kappa shape index (κ1) is 10.0. The summed E-state index contributed by atoms with van der Waals surface area (Å²) in [6.45, 7) is 3.88. The molecule has 1 atom stereocenters. The van der Waals surface area contributed by atoms with Crippen molar-refractivity contribution in [2.75, 3.05) is 0 Å². The van der Waals surface area contributed by atoms with Gasteiger partial charge < -0.3 is 5.11 Å². The van der Waals surface area contributed by atoms with E-state index in [1.165, 1.54) is 5.56 Å². The highest BCUT2D eigenvalue weighted by atomic mass is 35.5. The van der Waals surface area contributed by atoms with Crippen LogP contribution in [0.5, 0.6) is 0 Å². The van der Waals surface area contributed by atoms with Gasteiger partial charge in [0, 0.05) is 10.4 Å². The van der Waals surface area contributed by atoms with Gasteiger partial charge in [-0.05, 0) is 43.9 Å². The Bertz CT molecular complexity index is 353. The van der Waals surface area contributed by atoms with Crippen LogP contribution in [-0.2, 0) is 5.41 Å². The summed E-state index contributed by atoms with van der Waals surface area (Å²) in [5.74, 6) is 0. The van der Waals surface area contributed by atoms with E-state index in [4.69, 9.17) is 11.6 Å². The van der Waals surface area contributed by atoms with E-state index in [2.05, 4.69) is 6.07 Å². The molecule has 1 N–H and O–H groups in total. The molecule has 0 saturated heterocycles. The Morgan fingerprint density at radius 3 is 2.50 bits per heavy atom. The molecule has 1 fully saturated rings. The average molecular weight is 211 g/mol. The van der Waals surface area contributed by atoms with Crippen molar-refractivity contribution in [3.05, 3.63) is 34.3 Å². The largest absolute Gasteiger partial charge is 0.392 e. The molecule has 0 bridgehead atoms. The summed E-state index contributed by atoms with van der Waals surface area (Å²) in [5, 5.41) is 10.5. The van der Waals surface area contributed by atoms with Crippen molar-refractivity contribution in [1.82, 2.24) is 0 Å². The quantitative estimate of drug-likeness (QED) is 0.796. The van der Waals surface area contributed by atoms with E-state index in [1.807, 2.05) is 26.0 Å². The second kappa shape index (κ2) is 3.25. The topological polar surface area (TPSA) is 20.2 Å². The molecule has 1 aliphatic carbocycles. The van der Waals surface area contributed by atoms with Crippen LogP contribution < -0.4 is 0 Å². The van der Waals surface area contributed by atoms with Crippen molar-refractivity contribution >= 4 is 11.6 Å². The van der Waals surface area contributed by atoms with E-state index in [0.717, 1.165) is 23.4 Å². The number of rotatable bonds is 2. The summed E-state index contributed by atoms with van der Waals surface area (Å²) in [7, 11) is 0. The lowest BCUT2D eigenvalue weighted by Gasteiger charge is -2.19. The molecule has 2 heteroatoms. The molecule has 0 radical (unpaired) electrons. The predicted octanol–water partition coefficient (Wildman–Crippen LogP) is 3.06. The minimum Gasteiger partial charge on any atom is -0.392 e. The van der Waals surface area contributed by atoms with Crippen molar-refractivity contribution in [2.45, 2.75) is 38.2 Å². The van der Waals surface area contributed by atoms with Crippen LogP contribution in [0, 0.1) is 6.92 Å². The highest BCUT2D eigenvalue weighted by molar-refractivity contribution is 6.31. The molecule has 0 aromatic heterocycles. The van der Waals surface area contributed by atoms with Gasteiger partial charge in [-0.25, -0.2) is 0 Å². The molecule has 14 heavy (non-hydrogen) atoms. The SMILES string of the molecule is Cc1cc(C2(C(C)O)CC2)ccc1Cl. The first-order valence-electron chi connectivity index (χ1n) is 5.01. The molecule has 0 aliphatic heterocycles. The zero-order chi connectivity index (χ0) is 10.3. The number of hydrogen-bond donors (Lipinski definition) is 1. The van der Waals surface area contributed by atoms with Gasteiger partial charge in [0.05, 0.1) is 6.10 Å². The van der Waals surface area contributed by atoms with E-state index < -0.39 is 0 Å². The molecular weight excluding hydrogens is 196 g/mol. The van der Waals surface area contributed by atoms with Crippen LogP contribution in [0.3, 0.4) is 0 Å². The fraction of sp³-hybridized carbons (Fsp3) is 0.500. The first-order chi connectivity index (χ1) is 6.56. The van der Waals surface area contributed by atoms with Gasteiger partial charge in [0.25, 0.3) is 0 Å². The molecule has 2 rings (SSSR count). The second-order valence-corrected chi connectivity index (χ2v) is 4.70. The molecule has 0 heterocycles. The average Bonchev–Trinajstić information content (AvgIpc) is 2.90. The lowest BCUT2D eigenvalue weighted by Crippen LogP contribution is -2.22. The summed E-state index contributed by atoms with van der Waals surface area (Å²) in [6, 6.07) is 6.06. The Morgan fingerprint density at radius 2 is 2.07 bits per heavy atom. The van der Waals surface area contributed by atoms with Gasteiger partial charge in [0.2, 0.25) is 0 Å². The molecule has 76 valence electrons. The third-order valence-electron chi connectivity index (χ3n) is 3.32. The highest BCUT2D eigenvalue weighted by Crippen LogP contribution is 2.51. The Morgan fingerprint density at radius 1 is 1.43 bits per heavy atom. The van der Waals surface area contributed by atoms with Crippen LogP contribution in [0.1, 0.15) is 30.9 Å². The van der Waals surface area contributed by atoms with Gasteiger partial charge in [0.15, 0.2) is 0 Å². The van der Waals surface area contributed by atoms with E-state index in [0.29, 0.717) is 0 Å². The highest BCUT2D eigenvalue weighted by Gasteiger charge is 2.48. The van der Waals surface area contributed by atoms with Crippen LogP contribution in [0.2, 0.25) is 5.02 Å². The van der Waals surface area contributed by atoms with Crippen LogP contribution in [0.4, 0.5) is 0 Å². The van der Waals surface area contributed by atoms with Crippen molar-refractivity contribution < 1.29 is 5.11 Å². The van der Waals surface area contributed by atoms with Gasteiger partial charge in [-0.15, -0.1) is 0 Å². The zero-order valence-electron chi connectivity index (χ0n) is 8.55. The monoisotopic (exact) mass is 210 g/mol. The predicted molar refractivity (Wildman–Crippen MR) is 58.8 cm³/mol. The van der Waals surface area contributed by atoms with Crippen LogP contribution in [0.15, 0.2) is 18.2 Å². The van der Waals surface area contributed by atoms with E-state index in [-0.39, 0.29) is 11.5 Å². The molecule has 0 amide bonds. The Kier molecular flexibility index (Phi) is 2.32. The smallest absolute Gasteiger partial charge is 0.0608 e. The molecule has 1 saturated carbocycles. The van der Waals surface area contributed by atoms with Crippen LogP contribution in [-0.4, -0.2) is 11.2 Å². The number of aliphatic hydroxyl groups is 1. The van der Waals surface area contributed by atoms with Crippen molar-refractivity contribution in [3.8, 4) is 0 Å². The summed E-state index contributed by atoms with van der Waals surface area (Å²) in [5.41, 5.74) is 2.35. The number of aliphatic hydroxyl groups excluding tert-OH is 1. The summed E-state index contributed by atoms with van der Waals surface area (Å²) >= 11 is 5.97. The van der Waals surface area contributed by atoms with Crippen LogP contribution >= 0.6 is 11.6 Å². The van der Waals surface area contributed by atoms with Gasteiger partial charge in [0.1, 0.15) is 0 Å². The lowest BCUT2D eigenvalue weighted by molar-refractivity contribution is 0.150. The maximum atomic E-state index is 9.72. The number of aryl methyl sites for hydroxylation is 1. The molecular formula is C12H15ClO. The Hall–Kier alpha value is -0.530. The number of benzene rings is 1. The number of halogens is 1. The van der Waals surface area contributed by atoms with E-state index in [9.17, 15) is 5.11 Å². The van der Waals surface area contributed by atoms with Crippen LogP contribution in [0.25, 0.3) is 0 Å². The third kappa shape index (κ3) is 1.45. The Balaban J connectivity index is 2.38. The maximum absolute atomic E-state index is 9.72. The molecule has 1 aromatic carbocycles. The van der Waals surface area contributed by atoms with Gasteiger partial charge in [-0.2, -0.15) is 0 Å². The fourth-order valence-corrected chi connectivity index (χ4v) is 2.15.